The summed E-state index contributed by atoms with van der Waals surface area (Å²) in [5.41, 5.74) is 5.57. The molecule has 0 aromatic rings. The van der Waals surface area contributed by atoms with Crippen molar-refractivity contribution in [2.75, 3.05) is 6.54 Å². The Morgan fingerprint density at radius 2 is 1.47 bits per heavy atom. The first kappa shape index (κ1) is 28.1. The highest BCUT2D eigenvalue weighted by Crippen LogP contribution is 2.65. The number of nitrogens with one attached hydrogen (secondary N) is 1. The monoisotopic (exact) mass is 529 g/mol. The number of Topliss-reactive ketones (excluding diaryl/α,β-unsaturated/α-hetero) is 1. The van der Waals surface area contributed by atoms with Crippen LogP contribution >= 0.6 is 0 Å². The normalized spacial score (nSPS) is 32.1. The van der Waals surface area contributed by atoms with E-state index in [1.807, 2.05) is 4.90 Å². The first-order valence-corrected chi connectivity index (χ1v) is 15.8. The number of aliphatic hydroxyl groups excluding tert-OH is 1. The average Bonchev–Trinajstić information content (AvgIpc) is 3.21. The molecule has 0 bridgehead atoms. The maximum atomic E-state index is 14.4. The zero-order valence-corrected chi connectivity index (χ0v) is 23.7. The van der Waals surface area contributed by atoms with E-state index in [2.05, 4.69) is 19.2 Å². The highest BCUT2D eigenvalue weighted by Gasteiger charge is 2.69. The molecule has 6 atom stereocenters. The third kappa shape index (κ3) is 5.70. The molecule has 4 unspecified atom stereocenters. The number of rotatable bonds is 10. The molecule has 38 heavy (non-hydrogen) atoms. The van der Waals surface area contributed by atoms with Gasteiger partial charge in [0.05, 0.1) is 6.04 Å². The van der Waals surface area contributed by atoms with Crippen LogP contribution in [0.2, 0.25) is 0 Å². The van der Waals surface area contributed by atoms with Gasteiger partial charge < -0.3 is 15.3 Å². The Labute approximate surface area is 229 Å². The van der Waals surface area contributed by atoms with E-state index in [4.69, 9.17) is 5.73 Å². The summed E-state index contributed by atoms with van der Waals surface area (Å²) < 4.78 is 0. The summed E-state index contributed by atoms with van der Waals surface area (Å²) >= 11 is 0. The minimum absolute atomic E-state index is 0.00702. The summed E-state index contributed by atoms with van der Waals surface area (Å²) in [5, 5.41) is 12.8. The quantitative estimate of drug-likeness (QED) is 0.368. The standard InChI is InChI=1S/C31H51N3O4/c1-31(2)23-18-34(30(38)22(21-14-7-4-8-15-21)16-19-10-5-3-6-11-19)26(25(23)31)29(37)33-24(27(35)28(32)36)17-20-12-9-13-20/h19-26,28,36H,3-18,32H2,1-2H3,(H,33,37)/t22-,23?,24?,25+,26?,28?/m0/s1. The van der Waals surface area contributed by atoms with Crippen LogP contribution in [0, 0.1) is 40.9 Å². The van der Waals surface area contributed by atoms with E-state index >= 15 is 0 Å². The minimum atomic E-state index is -1.60. The smallest absolute Gasteiger partial charge is 0.243 e. The van der Waals surface area contributed by atoms with Gasteiger partial charge in [-0.15, -0.1) is 0 Å². The Morgan fingerprint density at radius 1 is 0.895 bits per heavy atom. The lowest BCUT2D eigenvalue weighted by Gasteiger charge is -2.39. The molecule has 214 valence electrons. The minimum Gasteiger partial charge on any atom is -0.371 e. The number of fused-ring (bicyclic) bond motifs is 1. The predicted molar refractivity (Wildman–Crippen MR) is 147 cm³/mol. The van der Waals surface area contributed by atoms with E-state index in [9.17, 15) is 19.5 Å². The molecule has 4 aliphatic carbocycles. The summed E-state index contributed by atoms with van der Waals surface area (Å²) in [6, 6.07) is -1.33. The van der Waals surface area contributed by atoms with Crippen molar-refractivity contribution in [1.82, 2.24) is 10.2 Å². The van der Waals surface area contributed by atoms with Crippen LogP contribution in [-0.4, -0.2) is 52.5 Å². The van der Waals surface area contributed by atoms with Crippen molar-refractivity contribution in [2.45, 2.75) is 128 Å². The van der Waals surface area contributed by atoms with Gasteiger partial charge in [0.1, 0.15) is 6.04 Å². The number of nitrogens with zero attached hydrogens (tertiary/aromatic N) is 1. The molecule has 0 spiro atoms. The second-order valence-corrected chi connectivity index (χ2v) is 14.1. The van der Waals surface area contributed by atoms with E-state index in [-0.39, 0.29) is 29.1 Å². The molecule has 1 aliphatic heterocycles. The molecular weight excluding hydrogens is 478 g/mol. The fourth-order valence-corrected chi connectivity index (χ4v) is 8.61. The van der Waals surface area contributed by atoms with E-state index in [0.29, 0.717) is 36.6 Å². The zero-order valence-electron chi connectivity index (χ0n) is 23.7. The Balaban J connectivity index is 1.35. The van der Waals surface area contributed by atoms with Gasteiger partial charge in [-0.1, -0.05) is 84.5 Å². The molecule has 1 heterocycles. The van der Waals surface area contributed by atoms with Crippen LogP contribution in [-0.2, 0) is 14.4 Å². The number of hydrogen-bond acceptors (Lipinski definition) is 5. The van der Waals surface area contributed by atoms with Gasteiger partial charge in [-0.2, -0.15) is 0 Å². The first-order chi connectivity index (χ1) is 18.2. The highest BCUT2D eigenvalue weighted by molar-refractivity contribution is 5.95. The van der Waals surface area contributed by atoms with E-state index in [1.54, 1.807) is 0 Å². The number of likely N-dealkylation sites (tertiary alicyclic amines) is 1. The fraction of sp³-hybridized carbons (Fsp3) is 0.903. The summed E-state index contributed by atoms with van der Waals surface area (Å²) in [7, 11) is 0. The lowest BCUT2D eigenvalue weighted by Crippen LogP contribution is -2.57. The number of carbonyl (C=O) groups is 3. The van der Waals surface area contributed by atoms with E-state index in [1.165, 1.54) is 51.4 Å². The summed E-state index contributed by atoms with van der Waals surface area (Å²) in [4.78, 5) is 43.0. The molecule has 0 radical (unpaired) electrons. The number of amides is 2. The number of aliphatic hydroxyl groups is 1. The Kier molecular flexibility index (Phi) is 8.54. The molecule has 0 aromatic carbocycles. The van der Waals surface area contributed by atoms with Gasteiger partial charge in [0.25, 0.3) is 0 Å². The molecule has 5 aliphatic rings. The predicted octanol–water partition coefficient (Wildman–Crippen LogP) is 4.16. The van der Waals surface area contributed by atoms with Crippen LogP contribution in [0.1, 0.15) is 110 Å². The lowest BCUT2D eigenvalue weighted by molar-refractivity contribution is -0.147. The molecule has 4 N–H and O–H groups in total. The van der Waals surface area contributed by atoms with Crippen LogP contribution in [0.4, 0.5) is 0 Å². The van der Waals surface area contributed by atoms with Gasteiger partial charge in [0, 0.05) is 12.5 Å². The van der Waals surface area contributed by atoms with Crippen LogP contribution < -0.4 is 11.1 Å². The number of hydrogen-bond donors (Lipinski definition) is 3. The summed E-state index contributed by atoms with van der Waals surface area (Å²) in [6.07, 6.45) is 15.3. The van der Waals surface area contributed by atoms with Crippen LogP contribution in [0.25, 0.3) is 0 Å². The van der Waals surface area contributed by atoms with E-state index < -0.39 is 24.1 Å². The SMILES string of the molecule is CC1(C)C2CN(C(=O)[C@@H](CC3CCCCC3)C3CCCCC3)C(C(=O)NC(CC3CCC3)C(=O)C(N)O)[C@@H]21. The fourth-order valence-electron chi connectivity index (χ4n) is 8.61. The molecule has 7 heteroatoms. The molecule has 7 nitrogen and oxygen atoms in total. The maximum absolute atomic E-state index is 14.4. The Morgan fingerprint density at radius 3 is 2.05 bits per heavy atom. The number of nitrogens with two attached hydrogens (primary N) is 1. The third-order valence-corrected chi connectivity index (χ3v) is 11.4. The van der Waals surface area contributed by atoms with Gasteiger partial charge in [-0.25, -0.2) is 0 Å². The van der Waals surface area contributed by atoms with Crippen LogP contribution in [0.5, 0.6) is 0 Å². The van der Waals surface area contributed by atoms with Crippen molar-refractivity contribution in [3.63, 3.8) is 0 Å². The number of piperidine rings is 1. The first-order valence-electron chi connectivity index (χ1n) is 15.8. The molecule has 2 amide bonds. The largest absolute Gasteiger partial charge is 0.371 e. The second kappa shape index (κ2) is 11.6. The lowest BCUT2D eigenvalue weighted by atomic mass is 9.73. The van der Waals surface area contributed by atoms with Crippen molar-refractivity contribution in [1.29, 1.82) is 0 Å². The average molecular weight is 530 g/mol. The maximum Gasteiger partial charge on any atom is 0.243 e. The highest BCUT2D eigenvalue weighted by atomic mass is 16.3. The Bertz CT molecular complexity index is 872. The van der Waals surface area contributed by atoms with Gasteiger partial charge in [0.2, 0.25) is 11.8 Å². The van der Waals surface area contributed by atoms with Crippen molar-refractivity contribution >= 4 is 17.6 Å². The molecule has 5 fully saturated rings. The van der Waals surface area contributed by atoms with Crippen molar-refractivity contribution < 1.29 is 19.5 Å². The molecule has 0 aromatic heterocycles. The van der Waals surface area contributed by atoms with Gasteiger partial charge in [-0.3, -0.25) is 20.1 Å². The van der Waals surface area contributed by atoms with Crippen molar-refractivity contribution in [3.05, 3.63) is 0 Å². The molecule has 5 rings (SSSR count). The zero-order chi connectivity index (χ0) is 27.0. The van der Waals surface area contributed by atoms with Gasteiger partial charge in [0.15, 0.2) is 12.0 Å². The van der Waals surface area contributed by atoms with Crippen LogP contribution in [0.3, 0.4) is 0 Å². The van der Waals surface area contributed by atoms with Crippen molar-refractivity contribution in [3.8, 4) is 0 Å². The van der Waals surface area contributed by atoms with E-state index in [0.717, 1.165) is 38.5 Å². The topological polar surface area (TPSA) is 113 Å². The Hall–Kier alpha value is -1.47. The summed E-state index contributed by atoms with van der Waals surface area (Å²) in [5.74, 6) is 1.31. The van der Waals surface area contributed by atoms with Gasteiger partial charge >= 0.3 is 0 Å². The molecule has 4 saturated carbocycles. The van der Waals surface area contributed by atoms with Gasteiger partial charge in [-0.05, 0) is 60.7 Å². The summed E-state index contributed by atoms with van der Waals surface area (Å²) in [6.45, 7) is 5.04. The van der Waals surface area contributed by atoms with Crippen molar-refractivity contribution in [2.24, 2.45) is 46.7 Å². The number of carbonyl (C=O) groups excluding carboxylic acids is 3. The second-order valence-electron chi connectivity index (χ2n) is 14.1. The van der Waals surface area contributed by atoms with Crippen LogP contribution in [0.15, 0.2) is 0 Å². The third-order valence-electron chi connectivity index (χ3n) is 11.4. The number of ketones is 1. The molecular formula is C31H51N3O4. The molecule has 1 saturated heterocycles.